The van der Waals surface area contributed by atoms with Crippen molar-refractivity contribution in [3.05, 3.63) is 60.3 Å². The van der Waals surface area contributed by atoms with E-state index in [1.165, 1.54) is 6.21 Å². The van der Waals surface area contributed by atoms with Crippen LogP contribution in [0.5, 0.6) is 5.75 Å². The van der Waals surface area contributed by atoms with E-state index >= 15 is 0 Å². The van der Waals surface area contributed by atoms with Crippen LogP contribution in [0.2, 0.25) is 0 Å². The molecule has 1 aliphatic heterocycles. The van der Waals surface area contributed by atoms with E-state index in [2.05, 4.69) is 15.3 Å². The number of rotatable bonds is 7. The Labute approximate surface area is 185 Å². The van der Waals surface area contributed by atoms with Gasteiger partial charge in [0.1, 0.15) is 11.6 Å². The maximum atomic E-state index is 12.3. The SMILES string of the molecule is N=Cc1cc(Nc2ccnc(-c3cccc(OCC(=O)N4CCOCC4)c3)n2)ccc1N. The van der Waals surface area contributed by atoms with Gasteiger partial charge >= 0.3 is 0 Å². The summed E-state index contributed by atoms with van der Waals surface area (Å²) in [5.41, 5.74) is 8.54. The molecule has 3 aromatic rings. The molecule has 1 aromatic heterocycles. The third kappa shape index (κ3) is 5.19. The highest BCUT2D eigenvalue weighted by atomic mass is 16.5. The highest BCUT2D eigenvalue weighted by Gasteiger charge is 2.17. The summed E-state index contributed by atoms with van der Waals surface area (Å²) >= 11 is 0. The lowest BCUT2D eigenvalue weighted by Gasteiger charge is -2.26. The number of amides is 1. The first-order valence-corrected chi connectivity index (χ1v) is 10.2. The second kappa shape index (κ2) is 9.88. The Morgan fingerprint density at radius 3 is 2.88 bits per heavy atom. The average molecular weight is 432 g/mol. The standard InChI is InChI=1S/C23H24N6O3/c24-14-17-12-18(4-5-20(17)25)27-21-6-7-26-23(28-21)16-2-1-3-19(13-16)32-15-22(30)29-8-10-31-11-9-29/h1-7,12-14,24H,8-11,15,25H2,(H,26,27,28). The first kappa shape index (κ1) is 21.3. The molecule has 164 valence electrons. The van der Waals surface area contributed by atoms with E-state index in [4.69, 9.17) is 20.6 Å². The van der Waals surface area contributed by atoms with E-state index in [9.17, 15) is 4.79 Å². The highest BCUT2D eigenvalue weighted by Crippen LogP contribution is 2.24. The smallest absolute Gasteiger partial charge is 0.260 e. The molecule has 0 aliphatic carbocycles. The van der Waals surface area contributed by atoms with Crippen LogP contribution in [0.4, 0.5) is 17.2 Å². The molecule has 0 bridgehead atoms. The summed E-state index contributed by atoms with van der Waals surface area (Å²) < 4.78 is 11.0. The topological polar surface area (TPSA) is 126 Å². The molecular weight excluding hydrogens is 408 g/mol. The summed E-state index contributed by atoms with van der Waals surface area (Å²) in [6, 6.07) is 14.4. The Kier molecular flexibility index (Phi) is 6.57. The molecule has 1 amide bonds. The predicted molar refractivity (Wildman–Crippen MR) is 122 cm³/mol. The largest absolute Gasteiger partial charge is 0.484 e. The number of hydrogen-bond acceptors (Lipinski definition) is 8. The second-order valence-corrected chi connectivity index (χ2v) is 7.19. The van der Waals surface area contributed by atoms with Crippen molar-refractivity contribution in [1.29, 1.82) is 5.41 Å². The van der Waals surface area contributed by atoms with Crippen LogP contribution in [0.1, 0.15) is 5.56 Å². The number of nitrogen functional groups attached to an aromatic ring is 1. The summed E-state index contributed by atoms with van der Waals surface area (Å²) in [5, 5.41) is 10.7. The van der Waals surface area contributed by atoms with E-state index < -0.39 is 0 Å². The third-order valence-electron chi connectivity index (χ3n) is 4.99. The van der Waals surface area contributed by atoms with Crippen molar-refractivity contribution in [2.75, 3.05) is 44.0 Å². The molecule has 9 nitrogen and oxygen atoms in total. The summed E-state index contributed by atoms with van der Waals surface area (Å²) in [4.78, 5) is 23.0. The minimum atomic E-state index is -0.0612. The fourth-order valence-corrected chi connectivity index (χ4v) is 3.27. The maximum Gasteiger partial charge on any atom is 0.260 e. The van der Waals surface area contributed by atoms with Crippen LogP contribution in [0.25, 0.3) is 11.4 Å². The van der Waals surface area contributed by atoms with Crippen molar-refractivity contribution >= 4 is 29.3 Å². The Balaban J connectivity index is 1.45. The number of benzene rings is 2. The molecule has 2 heterocycles. The number of nitrogens with zero attached hydrogens (tertiary/aromatic N) is 3. The molecule has 0 spiro atoms. The van der Waals surface area contributed by atoms with Crippen LogP contribution in [-0.4, -0.2) is 59.9 Å². The van der Waals surface area contributed by atoms with Crippen LogP contribution < -0.4 is 15.8 Å². The summed E-state index contributed by atoms with van der Waals surface area (Å²) in [6.07, 6.45) is 2.87. The lowest BCUT2D eigenvalue weighted by atomic mass is 10.1. The van der Waals surface area contributed by atoms with Crippen LogP contribution >= 0.6 is 0 Å². The minimum Gasteiger partial charge on any atom is -0.484 e. The van der Waals surface area contributed by atoms with E-state index in [-0.39, 0.29) is 12.5 Å². The van der Waals surface area contributed by atoms with Gasteiger partial charge in [0.15, 0.2) is 12.4 Å². The highest BCUT2D eigenvalue weighted by molar-refractivity contribution is 5.87. The lowest BCUT2D eigenvalue weighted by Crippen LogP contribution is -2.42. The number of ether oxygens (including phenoxy) is 2. The first-order valence-electron chi connectivity index (χ1n) is 10.2. The number of morpholine rings is 1. The van der Waals surface area contributed by atoms with Gasteiger partial charge in [-0.05, 0) is 36.4 Å². The molecule has 9 heteroatoms. The number of anilines is 3. The zero-order valence-electron chi connectivity index (χ0n) is 17.5. The molecule has 0 atom stereocenters. The van der Waals surface area contributed by atoms with Crippen molar-refractivity contribution in [1.82, 2.24) is 14.9 Å². The van der Waals surface area contributed by atoms with Crippen molar-refractivity contribution in [3.8, 4) is 17.1 Å². The molecule has 4 N–H and O–H groups in total. The molecule has 2 aromatic carbocycles. The van der Waals surface area contributed by atoms with Crippen molar-refractivity contribution in [3.63, 3.8) is 0 Å². The van der Waals surface area contributed by atoms with Crippen molar-refractivity contribution < 1.29 is 14.3 Å². The van der Waals surface area contributed by atoms with Crippen LogP contribution in [0.3, 0.4) is 0 Å². The van der Waals surface area contributed by atoms with E-state index in [1.54, 1.807) is 35.4 Å². The second-order valence-electron chi connectivity index (χ2n) is 7.19. The number of hydrogen-bond donors (Lipinski definition) is 3. The Morgan fingerprint density at radius 1 is 1.22 bits per heavy atom. The van der Waals surface area contributed by atoms with E-state index in [0.29, 0.717) is 54.9 Å². The van der Waals surface area contributed by atoms with Gasteiger partial charge in [-0.3, -0.25) is 4.79 Å². The predicted octanol–water partition coefficient (Wildman–Crippen LogP) is 2.70. The van der Waals surface area contributed by atoms with E-state index in [0.717, 1.165) is 11.3 Å². The van der Waals surface area contributed by atoms with Gasteiger partial charge in [-0.1, -0.05) is 12.1 Å². The Morgan fingerprint density at radius 2 is 2.06 bits per heavy atom. The van der Waals surface area contributed by atoms with Crippen molar-refractivity contribution in [2.45, 2.75) is 0 Å². The minimum absolute atomic E-state index is 0.0294. The summed E-state index contributed by atoms with van der Waals surface area (Å²) in [5.74, 6) is 1.63. The van der Waals surface area contributed by atoms with Gasteiger partial charge in [0.05, 0.1) is 13.2 Å². The summed E-state index contributed by atoms with van der Waals surface area (Å²) in [7, 11) is 0. The fraction of sp³-hybridized carbons (Fsp3) is 0.217. The monoisotopic (exact) mass is 432 g/mol. The van der Waals surface area contributed by atoms with Crippen molar-refractivity contribution in [2.24, 2.45) is 0 Å². The molecular formula is C23H24N6O3. The molecule has 1 saturated heterocycles. The summed E-state index contributed by atoms with van der Waals surface area (Å²) in [6.45, 7) is 2.26. The maximum absolute atomic E-state index is 12.3. The van der Waals surface area contributed by atoms with Gasteiger partial charge < -0.3 is 30.8 Å². The van der Waals surface area contributed by atoms with Crippen LogP contribution in [-0.2, 0) is 9.53 Å². The lowest BCUT2D eigenvalue weighted by molar-refractivity contribution is -0.137. The molecule has 1 aliphatic rings. The number of carbonyl (C=O) groups is 1. The molecule has 32 heavy (non-hydrogen) atoms. The zero-order chi connectivity index (χ0) is 22.3. The normalized spacial score (nSPS) is 13.4. The quantitative estimate of drug-likeness (QED) is 0.387. The van der Waals surface area contributed by atoms with Gasteiger partial charge in [-0.2, -0.15) is 0 Å². The Hall–Kier alpha value is -3.98. The van der Waals surface area contributed by atoms with Gasteiger partial charge in [-0.15, -0.1) is 0 Å². The number of aromatic nitrogens is 2. The molecule has 0 unspecified atom stereocenters. The molecule has 1 fully saturated rings. The first-order chi connectivity index (χ1) is 15.6. The molecule has 0 radical (unpaired) electrons. The van der Waals surface area contributed by atoms with Gasteiger partial charge in [0.25, 0.3) is 5.91 Å². The van der Waals surface area contributed by atoms with Crippen LogP contribution in [0, 0.1) is 5.41 Å². The number of nitrogens with one attached hydrogen (secondary N) is 2. The number of carbonyl (C=O) groups excluding carboxylic acids is 1. The van der Waals surface area contributed by atoms with Gasteiger partial charge in [0.2, 0.25) is 0 Å². The molecule has 4 rings (SSSR count). The van der Waals surface area contributed by atoms with Gasteiger partial charge in [-0.25, -0.2) is 9.97 Å². The third-order valence-corrected chi connectivity index (χ3v) is 4.99. The zero-order valence-corrected chi connectivity index (χ0v) is 17.5. The van der Waals surface area contributed by atoms with Gasteiger partial charge in [0, 0.05) is 48.0 Å². The average Bonchev–Trinajstić information content (AvgIpc) is 2.84. The fourth-order valence-electron chi connectivity index (χ4n) is 3.27. The van der Waals surface area contributed by atoms with E-state index in [1.807, 2.05) is 24.3 Å². The molecule has 0 saturated carbocycles. The Bertz CT molecular complexity index is 1110. The number of nitrogens with two attached hydrogens (primary N) is 1. The van der Waals surface area contributed by atoms with Crippen LogP contribution in [0.15, 0.2) is 54.7 Å².